The van der Waals surface area contributed by atoms with Crippen LogP contribution in [0.15, 0.2) is 0 Å². The first-order valence-electron chi connectivity index (χ1n) is 13.1. The molecule has 3 heteroatoms. The Balaban J connectivity index is 1.53. The molecule has 0 saturated heterocycles. The summed E-state index contributed by atoms with van der Waals surface area (Å²) in [5, 5.41) is 33.0. The molecule has 3 nitrogen and oxygen atoms in total. The van der Waals surface area contributed by atoms with E-state index in [1.165, 1.54) is 44.9 Å². The first-order valence-corrected chi connectivity index (χ1v) is 13.1. The van der Waals surface area contributed by atoms with E-state index in [2.05, 4.69) is 34.6 Å². The highest BCUT2D eigenvalue weighted by Gasteiger charge is 2.67. The zero-order chi connectivity index (χ0) is 21.9. The maximum atomic E-state index is 11.6. The van der Waals surface area contributed by atoms with Gasteiger partial charge in [-0.1, -0.05) is 53.9 Å². The first kappa shape index (κ1) is 23.1. The van der Waals surface area contributed by atoms with Crippen LogP contribution in [-0.4, -0.2) is 33.1 Å². The lowest BCUT2D eigenvalue weighted by Crippen LogP contribution is -2.68. The van der Waals surface area contributed by atoms with Gasteiger partial charge in [0.15, 0.2) is 0 Å². The smallest absolute Gasteiger partial charge is 0.0985 e. The van der Waals surface area contributed by atoms with E-state index in [0.717, 1.165) is 37.0 Å². The van der Waals surface area contributed by atoms with Crippen molar-refractivity contribution in [2.45, 2.75) is 123 Å². The highest BCUT2D eigenvalue weighted by Crippen LogP contribution is 2.69. The molecular formula is C27H48O3. The summed E-state index contributed by atoms with van der Waals surface area (Å²) in [5.41, 5.74) is -0.962. The van der Waals surface area contributed by atoms with Crippen LogP contribution in [0, 0.1) is 46.3 Å². The zero-order valence-corrected chi connectivity index (χ0v) is 20.2. The largest absolute Gasteiger partial charge is 0.393 e. The number of rotatable bonds is 5. The molecule has 0 heterocycles. The highest BCUT2D eigenvalue weighted by atomic mass is 16.3. The van der Waals surface area contributed by atoms with Gasteiger partial charge in [0, 0.05) is 11.8 Å². The van der Waals surface area contributed by atoms with Crippen LogP contribution in [0.1, 0.15) is 105 Å². The fourth-order valence-electron chi connectivity index (χ4n) is 9.29. The summed E-state index contributed by atoms with van der Waals surface area (Å²) >= 11 is 0. The summed E-state index contributed by atoms with van der Waals surface area (Å²) in [4.78, 5) is 0. The molecule has 4 aliphatic carbocycles. The lowest BCUT2D eigenvalue weighted by molar-refractivity contribution is -0.264. The van der Waals surface area contributed by atoms with Crippen LogP contribution in [0.25, 0.3) is 0 Å². The van der Waals surface area contributed by atoms with Crippen LogP contribution in [0.2, 0.25) is 0 Å². The van der Waals surface area contributed by atoms with E-state index in [0.29, 0.717) is 29.6 Å². The van der Waals surface area contributed by atoms with Crippen molar-refractivity contribution >= 4 is 0 Å². The molecule has 0 unspecified atom stereocenters. The SMILES string of the molecule is CC(C)CCC[C@@H](C)[C@H]1CC[C@@H]2[C@@H]3C[C@@H](O)[C@@]4(O)C[C@@H](O)CC[C@]4(C)[C@H]3CC[C@@]21C. The Morgan fingerprint density at radius 3 is 2.33 bits per heavy atom. The minimum atomic E-state index is -1.11. The number of aliphatic hydroxyl groups is 3. The molecule has 4 saturated carbocycles. The summed E-state index contributed by atoms with van der Waals surface area (Å²) in [6.07, 6.45) is 10.7. The quantitative estimate of drug-likeness (QED) is 0.546. The minimum Gasteiger partial charge on any atom is -0.393 e. The van der Waals surface area contributed by atoms with Gasteiger partial charge in [-0.25, -0.2) is 0 Å². The lowest BCUT2D eigenvalue weighted by atomic mass is 9.42. The molecule has 0 aromatic carbocycles. The maximum Gasteiger partial charge on any atom is 0.0985 e. The van der Waals surface area contributed by atoms with Crippen molar-refractivity contribution in [1.29, 1.82) is 0 Å². The minimum absolute atomic E-state index is 0.253. The normalized spacial score (nSPS) is 51.9. The third-order valence-corrected chi connectivity index (χ3v) is 11.0. The Kier molecular flexibility index (Phi) is 6.17. The van der Waals surface area contributed by atoms with Gasteiger partial charge in [-0.2, -0.15) is 0 Å². The molecule has 0 aliphatic heterocycles. The summed E-state index contributed by atoms with van der Waals surface area (Å²) in [5.74, 6) is 4.13. The van der Waals surface area contributed by atoms with Crippen molar-refractivity contribution in [3.8, 4) is 0 Å². The van der Waals surface area contributed by atoms with E-state index >= 15 is 0 Å². The summed E-state index contributed by atoms with van der Waals surface area (Å²) in [7, 11) is 0. The molecule has 174 valence electrons. The molecular weight excluding hydrogens is 372 g/mol. The van der Waals surface area contributed by atoms with Crippen molar-refractivity contribution in [2.24, 2.45) is 46.3 Å². The van der Waals surface area contributed by atoms with E-state index in [4.69, 9.17) is 0 Å². The Morgan fingerprint density at radius 2 is 1.63 bits per heavy atom. The highest BCUT2D eigenvalue weighted by molar-refractivity contribution is 5.17. The van der Waals surface area contributed by atoms with Gasteiger partial charge in [0.25, 0.3) is 0 Å². The molecule has 4 rings (SSSR count). The van der Waals surface area contributed by atoms with E-state index in [9.17, 15) is 15.3 Å². The van der Waals surface area contributed by atoms with Gasteiger partial charge >= 0.3 is 0 Å². The number of hydrogen-bond acceptors (Lipinski definition) is 3. The zero-order valence-electron chi connectivity index (χ0n) is 20.2. The van der Waals surface area contributed by atoms with Crippen molar-refractivity contribution in [3.05, 3.63) is 0 Å². The van der Waals surface area contributed by atoms with Crippen LogP contribution in [0.3, 0.4) is 0 Å². The van der Waals surface area contributed by atoms with Crippen molar-refractivity contribution < 1.29 is 15.3 Å². The average Bonchev–Trinajstić information content (AvgIpc) is 3.01. The predicted octanol–water partition coefficient (Wildman–Crippen LogP) is 5.55. The molecule has 0 bridgehead atoms. The Labute approximate surface area is 185 Å². The Morgan fingerprint density at radius 1 is 0.900 bits per heavy atom. The third kappa shape index (κ3) is 3.41. The molecule has 0 amide bonds. The van der Waals surface area contributed by atoms with E-state index in [1.807, 2.05) is 0 Å². The van der Waals surface area contributed by atoms with Gasteiger partial charge in [0.05, 0.1) is 17.8 Å². The molecule has 4 fully saturated rings. The topological polar surface area (TPSA) is 60.7 Å². The second-order valence-electron chi connectivity index (χ2n) is 12.9. The number of hydrogen-bond donors (Lipinski definition) is 3. The maximum absolute atomic E-state index is 11.6. The molecule has 0 aromatic rings. The fraction of sp³-hybridized carbons (Fsp3) is 1.00. The molecule has 0 aromatic heterocycles. The van der Waals surface area contributed by atoms with Crippen molar-refractivity contribution in [3.63, 3.8) is 0 Å². The Hall–Kier alpha value is -0.120. The van der Waals surface area contributed by atoms with E-state index in [1.54, 1.807) is 0 Å². The first-order chi connectivity index (χ1) is 14.0. The standard InChI is InChI=1S/C27H48O3/c1-17(2)7-6-8-18(3)21-9-10-22-20-15-24(29)27(30)16-19(28)11-14-26(27,5)23(20)12-13-25(21,22)4/h17-24,28-30H,6-16H2,1-5H3/t18-,19+,20+,21-,22-,23+,24-,25-,26-,27+/m1/s1. The van der Waals surface area contributed by atoms with Crippen molar-refractivity contribution in [1.82, 2.24) is 0 Å². The van der Waals surface area contributed by atoms with Gasteiger partial charge in [0.1, 0.15) is 0 Å². The van der Waals surface area contributed by atoms with Gasteiger partial charge < -0.3 is 15.3 Å². The third-order valence-electron chi connectivity index (χ3n) is 11.0. The molecule has 10 atom stereocenters. The number of fused-ring (bicyclic) bond motifs is 5. The summed E-state index contributed by atoms with van der Waals surface area (Å²) in [6, 6.07) is 0. The fourth-order valence-corrected chi connectivity index (χ4v) is 9.29. The van der Waals surface area contributed by atoms with Crippen LogP contribution in [0.4, 0.5) is 0 Å². The van der Waals surface area contributed by atoms with E-state index in [-0.39, 0.29) is 5.41 Å². The van der Waals surface area contributed by atoms with Gasteiger partial charge in [-0.05, 0) is 85.9 Å². The molecule has 4 aliphatic rings. The predicted molar refractivity (Wildman–Crippen MR) is 122 cm³/mol. The van der Waals surface area contributed by atoms with Crippen LogP contribution < -0.4 is 0 Å². The van der Waals surface area contributed by atoms with Gasteiger partial charge in [-0.15, -0.1) is 0 Å². The number of aliphatic hydroxyl groups excluding tert-OH is 2. The van der Waals surface area contributed by atoms with Crippen LogP contribution in [0.5, 0.6) is 0 Å². The Bertz CT molecular complexity index is 619. The second kappa shape index (κ2) is 8.03. The molecule has 0 radical (unpaired) electrons. The lowest BCUT2D eigenvalue weighted by Gasteiger charge is -2.65. The molecule has 3 N–H and O–H groups in total. The summed E-state index contributed by atoms with van der Waals surface area (Å²) in [6.45, 7) is 12.0. The summed E-state index contributed by atoms with van der Waals surface area (Å²) < 4.78 is 0. The molecule has 30 heavy (non-hydrogen) atoms. The van der Waals surface area contributed by atoms with Gasteiger partial charge in [-0.3, -0.25) is 0 Å². The van der Waals surface area contributed by atoms with Crippen LogP contribution in [-0.2, 0) is 0 Å². The second-order valence-corrected chi connectivity index (χ2v) is 12.9. The van der Waals surface area contributed by atoms with E-state index < -0.39 is 17.8 Å². The monoisotopic (exact) mass is 420 g/mol. The van der Waals surface area contributed by atoms with Crippen LogP contribution >= 0.6 is 0 Å². The average molecular weight is 421 g/mol. The molecule has 0 spiro atoms. The van der Waals surface area contributed by atoms with Gasteiger partial charge in [0.2, 0.25) is 0 Å². The van der Waals surface area contributed by atoms with Crippen molar-refractivity contribution in [2.75, 3.05) is 0 Å².